The maximum Gasteiger partial charge on any atom is 0.202 e. The number of rotatable bonds is 6. The second-order valence-corrected chi connectivity index (χ2v) is 5.81. The smallest absolute Gasteiger partial charge is 0.202 e. The van der Waals surface area contributed by atoms with E-state index in [4.69, 9.17) is 0 Å². The summed E-state index contributed by atoms with van der Waals surface area (Å²) in [5.41, 5.74) is 0. The summed E-state index contributed by atoms with van der Waals surface area (Å²) in [5.74, 6) is 2.84. The van der Waals surface area contributed by atoms with Crippen LogP contribution in [0.25, 0.3) is 0 Å². The molecule has 0 saturated heterocycles. The van der Waals surface area contributed by atoms with Gasteiger partial charge in [-0.15, -0.1) is 0 Å². The number of nitrogens with zero attached hydrogens (tertiary/aromatic N) is 2. The second-order valence-electron chi connectivity index (χ2n) is 5.81. The van der Waals surface area contributed by atoms with Crippen molar-refractivity contribution in [2.75, 3.05) is 11.9 Å². The Morgan fingerprint density at radius 3 is 2.83 bits per heavy atom. The zero-order valence-electron chi connectivity index (χ0n) is 11.9. The van der Waals surface area contributed by atoms with Crippen molar-refractivity contribution in [1.82, 2.24) is 9.55 Å². The molecule has 3 nitrogen and oxygen atoms in total. The normalized spacial score (nSPS) is 24.1. The third kappa shape index (κ3) is 3.76. The van der Waals surface area contributed by atoms with Gasteiger partial charge in [0.1, 0.15) is 0 Å². The second kappa shape index (κ2) is 6.81. The molecule has 0 atom stereocenters. The van der Waals surface area contributed by atoms with E-state index >= 15 is 0 Å². The lowest BCUT2D eigenvalue weighted by molar-refractivity contribution is 0.265. The van der Waals surface area contributed by atoms with Crippen LogP contribution in [0.1, 0.15) is 52.4 Å². The average molecular weight is 249 g/mol. The molecule has 1 heterocycles. The van der Waals surface area contributed by atoms with Gasteiger partial charge in [-0.3, -0.25) is 0 Å². The third-order valence-corrected chi connectivity index (χ3v) is 4.12. The third-order valence-electron chi connectivity index (χ3n) is 4.12. The van der Waals surface area contributed by atoms with Gasteiger partial charge in [-0.1, -0.05) is 33.1 Å². The van der Waals surface area contributed by atoms with Gasteiger partial charge < -0.3 is 9.88 Å². The first-order chi connectivity index (χ1) is 8.79. The van der Waals surface area contributed by atoms with Crippen molar-refractivity contribution in [1.29, 1.82) is 0 Å². The summed E-state index contributed by atoms with van der Waals surface area (Å²) in [6, 6.07) is 0. The van der Waals surface area contributed by atoms with Gasteiger partial charge >= 0.3 is 0 Å². The van der Waals surface area contributed by atoms with Crippen LogP contribution in [-0.2, 0) is 6.54 Å². The molecule has 0 aromatic carbocycles. The van der Waals surface area contributed by atoms with Crippen molar-refractivity contribution in [3.63, 3.8) is 0 Å². The lowest BCUT2D eigenvalue weighted by atomic mass is 9.83. The fourth-order valence-electron chi connectivity index (χ4n) is 2.79. The fraction of sp³-hybridized carbons (Fsp3) is 0.800. The van der Waals surface area contributed by atoms with Crippen molar-refractivity contribution in [3.05, 3.63) is 12.4 Å². The van der Waals surface area contributed by atoms with Crippen LogP contribution in [0.15, 0.2) is 12.4 Å². The van der Waals surface area contributed by atoms with Crippen LogP contribution >= 0.6 is 0 Å². The van der Waals surface area contributed by atoms with Gasteiger partial charge in [0.05, 0.1) is 0 Å². The molecule has 1 saturated carbocycles. The summed E-state index contributed by atoms with van der Waals surface area (Å²) < 4.78 is 2.30. The predicted molar refractivity (Wildman–Crippen MR) is 76.7 cm³/mol. The minimum atomic E-state index is 0.849. The zero-order valence-corrected chi connectivity index (χ0v) is 11.9. The Morgan fingerprint density at radius 2 is 2.11 bits per heavy atom. The van der Waals surface area contributed by atoms with E-state index in [1.807, 2.05) is 6.20 Å². The number of hydrogen-bond acceptors (Lipinski definition) is 2. The summed E-state index contributed by atoms with van der Waals surface area (Å²) in [6.45, 7) is 6.78. The van der Waals surface area contributed by atoms with E-state index in [0.29, 0.717) is 0 Å². The van der Waals surface area contributed by atoms with Crippen molar-refractivity contribution < 1.29 is 0 Å². The SMILES string of the molecule is CCCCNc1nccn1CC1CCC(C)CC1. The first-order valence-corrected chi connectivity index (χ1v) is 7.54. The fourth-order valence-corrected chi connectivity index (χ4v) is 2.79. The number of aromatic nitrogens is 2. The molecule has 1 aromatic heterocycles. The van der Waals surface area contributed by atoms with E-state index in [1.54, 1.807) is 0 Å². The van der Waals surface area contributed by atoms with Crippen LogP contribution < -0.4 is 5.32 Å². The molecule has 0 spiro atoms. The van der Waals surface area contributed by atoms with Crippen molar-refractivity contribution in [2.24, 2.45) is 11.8 Å². The molecule has 0 unspecified atom stereocenters. The first-order valence-electron chi connectivity index (χ1n) is 7.54. The Labute approximate surface area is 111 Å². The largest absolute Gasteiger partial charge is 0.356 e. The van der Waals surface area contributed by atoms with E-state index in [9.17, 15) is 0 Å². The van der Waals surface area contributed by atoms with Crippen LogP contribution in [-0.4, -0.2) is 16.1 Å². The van der Waals surface area contributed by atoms with Gasteiger partial charge in [0.15, 0.2) is 0 Å². The summed E-state index contributed by atoms with van der Waals surface area (Å²) in [7, 11) is 0. The highest BCUT2D eigenvalue weighted by atomic mass is 15.2. The molecule has 1 aliphatic carbocycles. The standard InChI is InChI=1S/C15H27N3/c1-3-4-9-16-15-17-10-11-18(15)12-14-7-5-13(2)6-8-14/h10-11,13-14H,3-9,12H2,1-2H3,(H,16,17). The minimum Gasteiger partial charge on any atom is -0.356 e. The molecule has 1 aromatic rings. The maximum absolute atomic E-state index is 4.42. The Hall–Kier alpha value is -0.990. The summed E-state index contributed by atoms with van der Waals surface area (Å²) in [5, 5.41) is 3.44. The van der Waals surface area contributed by atoms with Crippen LogP contribution in [0.3, 0.4) is 0 Å². The molecule has 2 rings (SSSR count). The molecule has 0 amide bonds. The number of nitrogens with one attached hydrogen (secondary N) is 1. The van der Waals surface area contributed by atoms with Gasteiger partial charge in [-0.25, -0.2) is 4.98 Å². The average Bonchev–Trinajstić information content (AvgIpc) is 2.80. The highest BCUT2D eigenvalue weighted by Crippen LogP contribution is 2.29. The van der Waals surface area contributed by atoms with Crippen LogP contribution in [0.4, 0.5) is 5.95 Å². The van der Waals surface area contributed by atoms with Gasteiger partial charge in [0.2, 0.25) is 5.95 Å². The number of imidazole rings is 1. The van der Waals surface area contributed by atoms with E-state index in [2.05, 4.69) is 34.9 Å². The van der Waals surface area contributed by atoms with Crippen LogP contribution in [0.5, 0.6) is 0 Å². The van der Waals surface area contributed by atoms with Gasteiger partial charge in [-0.2, -0.15) is 0 Å². The molecule has 0 bridgehead atoms. The lowest BCUT2D eigenvalue weighted by Crippen LogP contribution is -2.19. The minimum absolute atomic E-state index is 0.849. The molecule has 1 aliphatic rings. The quantitative estimate of drug-likeness (QED) is 0.774. The molecule has 1 fully saturated rings. The maximum atomic E-state index is 4.42. The molecule has 3 heteroatoms. The Bertz CT molecular complexity index is 337. The Balaban J connectivity index is 1.83. The molecular formula is C15H27N3. The first kappa shape index (κ1) is 13.4. The molecule has 0 radical (unpaired) electrons. The molecule has 0 aliphatic heterocycles. The van der Waals surface area contributed by atoms with Crippen LogP contribution in [0.2, 0.25) is 0 Å². The number of unbranched alkanes of at least 4 members (excludes halogenated alkanes) is 1. The lowest BCUT2D eigenvalue weighted by Gasteiger charge is -2.26. The van der Waals surface area contributed by atoms with Gasteiger partial charge in [0.25, 0.3) is 0 Å². The van der Waals surface area contributed by atoms with Gasteiger partial charge in [-0.05, 0) is 31.1 Å². The van der Waals surface area contributed by atoms with Crippen molar-refractivity contribution in [2.45, 2.75) is 58.9 Å². The highest BCUT2D eigenvalue weighted by Gasteiger charge is 2.19. The molecular weight excluding hydrogens is 222 g/mol. The highest BCUT2D eigenvalue weighted by molar-refractivity contribution is 5.25. The Kier molecular flexibility index (Phi) is 5.09. The zero-order chi connectivity index (χ0) is 12.8. The van der Waals surface area contributed by atoms with E-state index in [0.717, 1.165) is 30.9 Å². The van der Waals surface area contributed by atoms with Gasteiger partial charge in [0, 0.05) is 25.5 Å². The molecule has 102 valence electrons. The molecule has 18 heavy (non-hydrogen) atoms. The van der Waals surface area contributed by atoms with Crippen molar-refractivity contribution in [3.8, 4) is 0 Å². The number of hydrogen-bond donors (Lipinski definition) is 1. The van der Waals surface area contributed by atoms with Crippen LogP contribution in [0, 0.1) is 11.8 Å². The van der Waals surface area contributed by atoms with E-state index in [1.165, 1.54) is 38.5 Å². The van der Waals surface area contributed by atoms with E-state index < -0.39 is 0 Å². The predicted octanol–water partition coefficient (Wildman–Crippen LogP) is 3.92. The monoisotopic (exact) mass is 249 g/mol. The summed E-state index contributed by atoms with van der Waals surface area (Å²) in [6.07, 6.45) is 12.0. The summed E-state index contributed by atoms with van der Waals surface area (Å²) >= 11 is 0. The Morgan fingerprint density at radius 1 is 1.33 bits per heavy atom. The molecule has 1 N–H and O–H groups in total. The van der Waals surface area contributed by atoms with E-state index in [-0.39, 0.29) is 0 Å². The van der Waals surface area contributed by atoms with Crippen molar-refractivity contribution >= 4 is 5.95 Å². The number of anilines is 1. The topological polar surface area (TPSA) is 29.9 Å². The summed E-state index contributed by atoms with van der Waals surface area (Å²) in [4.78, 5) is 4.42.